The molecule has 2 aromatic rings. The lowest BCUT2D eigenvalue weighted by molar-refractivity contribution is 0.0523. The lowest BCUT2D eigenvalue weighted by atomic mass is 9.95. The molecule has 1 fully saturated rings. The van der Waals surface area contributed by atoms with Gasteiger partial charge in [-0.3, -0.25) is 0 Å². The van der Waals surface area contributed by atoms with Crippen molar-refractivity contribution in [2.75, 3.05) is 24.6 Å². The number of rotatable bonds is 3. The van der Waals surface area contributed by atoms with Crippen LogP contribution < -0.4 is 4.90 Å². The third-order valence-corrected chi connectivity index (χ3v) is 3.97. The summed E-state index contributed by atoms with van der Waals surface area (Å²) < 4.78 is 0. The molecule has 0 saturated carbocycles. The number of aliphatic hydroxyl groups is 2. The van der Waals surface area contributed by atoms with Gasteiger partial charge in [0, 0.05) is 24.6 Å². The summed E-state index contributed by atoms with van der Waals surface area (Å²) in [6, 6.07) is 13.8. The minimum atomic E-state index is -0.428. The van der Waals surface area contributed by atoms with E-state index in [0.717, 1.165) is 23.6 Å². The van der Waals surface area contributed by atoms with Crippen LogP contribution >= 0.6 is 0 Å². The van der Waals surface area contributed by atoms with E-state index in [1.165, 1.54) is 0 Å². The maximum atomic E-state index is 9.80. The molecule has 110 valence electrons. The van der Waals surface area contributed by atoms with Crippen LogP contribution in [0.15, 0.2) is 42.5 Å². The molecule has 1 aliphatic rings. The lowest BCUT2D eigenvalue weighted by Gasteiger charge is -2.35. The second-order valence-corrected chi connectivity index (χ2v) is 5.39. The fraction of sp³-hybridized carbons (Fsp3) is 0.375. The minimum absolute atomic E-state index is 0.00675. The average Bonchev–Trinajstić information content (AvgIpc) is 2.56. The third-order valence-electron chi connectivity index (χ3n) is 3.97. The summed E-state index contributed by atoms with van der Waals surface area (Å²) in [5.41, 5.74) is 1.88. The molecular formula is C16H19N3O2. The van der Waals surface area contributed by atoms with Crippen LogP contribution in [0.3, 0.4) is 0 Å². The van der Waals surface area contributed by atoms with Gasteiger partial charge in [0.1, 0.15) is 0 Å². The highest BCUT2D eigenvalue weighted by atomic mass is 16.3. The predicted octanol–water partition coefficient (Wildman–Crippen LogP) is 1.32. The Balaban J connectivity index is 1.75. The molecule has 2 N–H and O–H groups in total. The van der Waals surface area contributed by atoms with Gasteiger partial charge < -0.3 is 15.1 Å². The fourth-order valence-electron chi connectivity index (χ4n) is 2.66. The van der Waals surface area contributed by atoms with E-state index in [1.807, 2.05) is 42.5 Å². The molecule has 2 heterocycles. The molecule has 0 radical (unpaired) electrons. The molecule has 21 heavy (non-hydrogen) atoms. The zero-order chi connectivity index (χ0) is 14.7. The van der Waals surface area contributed by atoms with Crippen LogP contribution in [0.5, 0.6) is 0 Å². The molecule has 0 bridgehead atoms. The first-order chi connectivity index (χ1) is 10.3. The second kappa shape index (κ2) is 6.20. The van der Waals surface area contributed by atoms with E-state index >= 15 is 0 Å². The van der Waals surface area contributed by atoms with Crippen molar-refractivity contribution in [3.63, 3.8) is 0 Å². The van der Waals surface area contributed by atoms with E-state index in [1.54, 1.807) is 0 Å². The summed E-state index contributed by atoms with van der Waals surface area (Å²) >= 11 is 0. The maximum absolute atomic E-state index is 9.80. The smallest absolute Gasteiger partial charge is 0.151 e. The van der Waals surface area contributed by atoms with Crippen molar-refractivity contribution in [1.29, 1.82) is 0 Å². The van der Waals surface area contributed by atoms with Crippen molar-refractivity contribution in [2.24, 2.45) is 5.92 Å². The van der Waals surface area contributed by atoms with Crippen molar-refractivity contribution in [3.05, 3.63) is 42.5 Å². The number of piperidine rings is 1. The van der Waals surface area contributed by atoms with Gasteiger partial charge >= 0.3 is 0 Å². The van der Waals surface area contributed by atoms with Gasteiger partial charge in [0.05, 0.1) is 18.4 Å². The van der Waals surface area contributed by atoms with Crippen LogP contribution in [0.25, 0.3) is 11.3 Å². The standard InChI is InChI=1S/C16H19N3O2/c20-11-13-10-19(9-8-15(13)21)16-7-6-14(17-18-16)12-4-2-1-3-5-12/h1-7,13,15,20-21H,8-11H2/t13-,15-/m0/s1. The second-order valence-electron chi connectivity index (χ2n) is 5.39. The number of nitrogens with zero attached hydrogens (tertiary/aromatic N) is 3. The topological polar surface area (TPSA) is 69.5 Å². The zero-order valence-electron chi connectivity index (χ0n) is 11.8. The molecule has 3 rings (SSSR count). The molecule has 0 amide bonds. The first kappa shape index (κ1) is 14.0. The van der Waals surface area contributed by atoms with E-state index in [2.05, 4.69) is 15.1 Å². The van der Waals surface area contributed by atoms with Crippen molar-refractivity contribution in [2.45, 2.75) is 12.5 Å². The number of hydrogen-bond acceptors (Lipinski definition) is 5. The quantitative estimate of drug-likeness (QED) is 0.890. The molecule has 2 atom stereocenters. The third kappa shape index (κ3) is 3.04. The predicted molar refractivity (Wildman–Crippen MR) is 80.9 cm³/mol. The van der Waals surface area contributed by atoms with Crippen LogP contribution in [0, 0.1) is 5.92 Å². The molecule has 1 aliphatic heterocycles. The first-order valence-electron chi connectivity index (χ1n) is 7.21. The van der Waals surface area contributed by atoms with E-state index < -0.39 is 6.10 Å². The van der Waals surface area contributed by atoms with Gasteiger partial charge in [-0.1, -0.05) is 30.3 Å². The molecule has 1 aromatic carbocycles. The van der Waals surface area contributed by atoms with E-state index in [4.69, 9.17) is 0 Å². The zero-order valence-corrected chi connectivity index (χ0v) is 11.8. The Labute approximate surface area is 123 Å². The summed E-state index contributed by atoms with van der Waals surface area (Å²) in [6.45, 7) is 1.33. The van der Waals surface area contributed by atoms with Gasteiger partial charge in [0.2, 0.25) is 0 Å². The molecule has 0 aliphatic carbocycles. The van der Waals surface area contributed by atoms with Gasteiger partial charge in [0.25, 0.3) is 0 Å². The van der Waals surface area contributed by atoms with E-state index in [0.29, 0.717) is 13.0 Å². The number of anilines is 1. The van der Waals surface area contributed by atoms with E-state index in [-0.39, 0.29) is 12.5 Å². The maximum Gasteiger partial charge on any atom is 0.151 e. The minimum Gasteiger partial charge on any atom is -0.396 e. The SMILES string of the molecule is OC[C@@H]1CN(c2ccc(-c3ccccc3)nn2)CC[C@@H]1O. The Bertz CT molecular complexity index is 574. The van der Waals surface area contributed by atoms with E-state index in [9.17, 15) is 10.2 Å². The van der Waals surface area contributed by atoms with Gasteiger partial charge in [0.15, 0.2) is 5.82 Å². The van der Waals surface area contributed by atoms with Crippen molar-refractivity contribution in [1.82, 2.24) is 10.2 Å². The summed E-state index contributed by atoms with van der Waals surface area (Å²) in [5, 5.41) is 27.7. The summed E-state index contributed by atoms with van der Waals surface area (Å²) in [4.78, 5) is 2.06. The Kier molecular flexibility index (Phi) is 4.13. The molecule has 0 spiro atoms. The van der Waals surface area contributed by atoms with Gasteiger partial charge in [-0.2, -0.15) is 0 Å². The average molecular weight is 285 g/mol. The highest BCUT2D eigenvalue weighted by Crippen LogP contribution is 2.23. The summed E-state index contributed by atoms with van der Waals surface area (Å²) in [5.74, 6) is 0.675. The monoisotopic (exact) mass is 285 g/mol. The Hall–Kier alpha value is -1.98. The normalized spacial score (nSPS) is 22.3. The first-order valence-corrected chi connectivity index (χ1v) is 7.21. The molecule has 5 nitrogen and oxygen atoms in total. The van der Waals surface area contributed by atoms with Crippen LogP contribution in [0.4, 0.5) is 5.82 Å². The Morgan fingerprint density at radius 2 is 1.90 bits per heavy atom. The molecule has 5 heteroatoms. The Morgan fingerprint density at radius 3 is 2.57 bits per heavy atom. The number of aliphatic hydroxyl groups excluding tert-OH is 2. The molecule has 1 saturated heterocycles. The largest absolute Gasteiger partial charge is 0.396 e. The fourth-order valence-corrected chi connectivity index (χ4v) is 2.66. The van der Waals surface area contributed by atoms with Crippen molar-refractivity contribution >= 4 is 5.82 Å². The molecular weight excluding hydrogens is 266 g/mol. The highest BCUT2D eigenvalue weighted by molar-refractivity contribution is 5.59. The van der Waals surface area contributed by atoms with Gasteiger partial charge in [-0.25, -0.2) is 0 Å². The van der Waals surface area contributed by atoms with Gasteiger partial charge in [-0.05, 0) is 18.6 Å². The van der Waals surface area contributed by atoms with Crippen molar-refractivity contribution < 1.29 is 10.2 Å². The Morgan fingerprint density at radius 1 is 1.10 bits per heavy atom. The van der Waals surface area contributed by atoms with Crippen LogP contribution in [-0.2, 0) is 0 Å². The van der Waals surface area contributed by atoms with Crippen molar-refractivity contribution in [3.8, 4) is 11.3 Å². The lowest BCUT2D eigenvalue weighted by Crippen LogP contribution is -2.45. The van der Waals surface area contributed by atoms with Gasteiger partial charge in [-0.15, -0.1) is 10.2 Å². The van der Waals surface area contributed by atoms with Crippen LogP contribution in [0.1, 0.15) is 6.42 Å². The molecule has 0 unspecified atom stereocenters. The summed E-state index contributed by atoms with van der Waals surface area (Å²) in [7, 11) is 0. The number of benzene rings is 1. The molecule has 1 aromatic heterocycles. The summed E-state index contributed by atoms with van der Waals surface area (Å²) in [6.07, 6.45) is 0.218. The van der Waals surface area contributed by atoms with Crippen LogP contribution in [-0.4, -0.2) is 46.2 Å². The highest BCUT2D eigenvalue weighted by Gasteiger charge is 2.27. The van der Waals surface area contributed by atoms with Crippen LogP contribution in [0.2, 0.25) is 0 Å². The number of hydrogen-bond donors (Lipinski definition) is 2. The number of aromatic nitrogens is 2.